The molecule has 0 amide bonds. The van der Waals surface area contributed by atoms with E-state index in [-0.39, 0.29) is 23.6 Å². The number of rotatable bonds is 5. The van der Waals surface area contributed by atoms with Gasteiger partial charge in [0.25, 0.3) is 0 Å². The lowest BCUT2D eigenvalue weighted by atomic mass is 10.1. The zero-order valence-corrected chi connectivity index (χ0v) is 11.8. The van der Waals surface area contributed by atoms with E-state index in [1.54, 1.807) is 12.1 Å². The Kier molecular flexibility index (Phi) is 4.55. The third kappa shape index (κ3) is 4.56. The first-order valence-electron chi connectivity index (χ1n) is 6.68. The molecule has 19 heavy (non-hydrogen) atoms. The minimum atomic E-state index is -0.224. The van der Waals surface area contributed by atoms with Crippen molar-refractivity contribution in [3.8, 4) is 0 Å². The summed E-state index contributed by atoms with van der Waals surface area (Å²) < 4.78 is 24.1. The molecule has 1 N–H and O–H groups in total. The predicted octanol–water partition coefficient (Wildman–Crippen LogP) is 2.67. The van der Waals surface area contributed by atoms with E-state index in [1.807, 2.05) is 0 Å². The van der Waals surface area contributed by atoms with E-state index in [4.69, 9.17) is 9.47 Å². The van der Waals surface area contributed by atoms with Gasteiger partial charge in [0, 0.05) is 12.1 Å². The van der Waals surface area contributed by atoms with E-state index < -0.39 is 0 Å². The van der Waals surface area contributed by atoms with Crippen LogP contribution in [0.2, 0.25) is 0 Å². The first-order valence-corrected chi connectivity index (χ1v) is 6.68. The van der Waals surface area contributed by atoms with E-state index in [0.29, 0.717) is 19.8 Å². The Balaban J connectivity index is 2.01. The van der Waals surface area contributed by atoms with Gasteiger partial charge in [0.05, 0.1) is 19.3 Å². The average Bonchev–Trinajstić information content (AvgIpc) is 2.27. The second-order valence-electron chi connectivity index (χ2n) is 5.97. The van der Waals surface area contributed by atoms with E-state index in [2.05, 4.69) is 26.1 Å². The molecule has 0 radical (unpaired) electrons. The number of hydrogen-bond acceptors (Lipinski definition) is 3. The molecule has 1 aliphatic heterocycles. The molecule has 0 aliphatic carbocycles. The van der Waals surface area contributed by atoms with Crippen molar-refractivity contribution in [3.05, 3.63) is 35.6 Å². The molecule has 0 spiro atoms. The highest BCUT2D eigenvalue weighted by Gasteiger charge is 2.25. The fourth-order valence-electron chi connectivity index (χ4n) is 1.85. The van der Waals surface area contributed by atoms with Gasteiger partial charge < -0.3 is 14.8 Å². The fourth-order valence-corrected chi connectivity index (χ4v) is 1.85. The third-order valence-electron chi connectivity index (χ3n) is 3.02. The lowest BCUT2D eigenvalue weighted by Gasteiger charge is -2.32. The molecule has 1 aromatic rings. The van der Waals surface area contributed by atoms with Crippen molar-refractivity contribution in [1.29, 1.82) is 0 Å². The summed E-state index contributed by atoms with van der Waals surface area (Å²) in [6.45, 7) is 8.33. The minimum absolute atomic E-state index is 0.0255. The fraction of sp³-hybridized carbons (Fsp3) is 0.600. The monoisotopic (exact) mass is 267 g/mol. The summed E-state index contributed by atoms with van der Waals surface area (Å²) in [5.74, 6) is -0.224. The molecule has 1 aromatic carbocycles. The molecule has 2 rings (SSSR count). The Morgan fingerprint density at radius 1 is 1.32 bits per heavy atom. The topological polar surface area (TPSA) is 30.5 Å². The van der Waals surface area contributed by atoms with Crippen LogP contribution in [-0.4, -0.2) is 31.4 Å². The molecule has 1 aliphatic rings. The van der Waals surface area contributed by atoms with Crippen LogP contribution < -0.4 is 5.32 Å². The summed E-state index contributed by atoms with van der Waals surface area (Å²) in [6.07, 6.45) is 0.0746. The van der Waals surface area contributed by atoms with E-state index >= 15 is 0 Å². The van der Waals surface area contributed by atoms with Gasteiger partial charge in [0.15, 0.2) is 0 Å². The van der Waals surface area contributed by atoms with Crippen LogP contribution in [0.3, 0.4) is 0 Å². The maximum Gasteiger partial charge on any atom is 0.123 e. The SMILES string of the molecule is CC(C)(C)NCC(OC1COC1)c1ccc(F)cc1. The van der Waals surface area contributed by atoms with Crippen LogP contribution in [0.25, 0.3) is 0 Å². The van der Waals surface area contributed by atoms with E-state index in [9.17, 15) is 4.39 Å². The van der Waals surface area contributed by atoms with Gasteiger partial charge in [-0.25, -0.2) is 4.39 Å². The van der Waals surface area contributed by atoms with Gasteiger partial charge in [0.1, 0.15) is 11.9 Å². The first-order chi connectivity index (χ1) is 8.94. The Hall–Kier alpha value is -0.970. The molecular formula is C15H22FNO2. The summed E-state index contributed by atoms with van der Waals surface area (Å²) in [7, 11) is 0. The second kappa shape index (κ2) is 5.99. The van der Waals surface area contributed by atoms with Crippen molar-refractivity contribution >= 4 is 0 Å². The largest absolute Gasteiger partial charge is 0.376 e. The molecule has 1 saturated heterocycles. The second-order valence-corrected chi connectivity index (χ2v) is 5.97. The van der Waals surface area contributed by atoms with Gasteiger partial charge in [0.2, 0.25) is 0 Å². The Labute approximate surface area is 114 Å². The first kappa shape index (κ1) is 14.4. The molecule has 4 heteroatoms. The Morgan fingerprint density at radius 3 is 2.42 bits per heavy atom. The molecule has 3 nitrogen and oxygen atoms in total. The van der Waals surface area contributed by atoms with Crippen LogP contribution in [-0.2, 0) is 9.47 Å². The van der Waals surface area contributed by atoms with Gasteiger partial charge in [-0.2, -0.15) is 0 Å². The van der Waals surface area contributed by atoms with Crippen LogP contribution >= 0.6 is 0 Å². The standard InChI is InChI=1S/C15H22FNO2/c1-15(2,3)17-8-14(19-13-9-18-10-13)11-4-6-12(16)7-5-11/h4-7,13-14,17H,8-10H2,1-3H3. The van der Waals surface area contributed by atoms with Gasteiger partial charge in [-0.3, -0.25) is 0 Å². The molecule has 0 aromatic heterocycles. The Morgan fingerprint density at radius 2 is 1.95 bits per heavy atom. The molecule has 0 saturated carbocycles. The van der Waals surface area contributed by atoms with Crippen LogP contribution in [0.1, 0.15) is 32.4 Å². The van der Waals surface area contributed by atoms with Crippen LogP contribution in [0.4, 0.5) is 4.39 Å². The number of halogens is 1. The highest BCUT2D eigenvalue weighted by atomic mass is 19.1. The quantitative estimate of drug-likeness (QED) is 0.889. The smallest absolute Gasteiger partial charge is 0.123 e. The van der Waals surface area contributed by atoms with Gasteiger partial charge in [-0.15, -0.1) is 0 Å². The van der Waals surface area contributed by atoms with Crippen molar-refractivity contribution in [3.63, 3.8) is 0 Å². The molecule has 1 atom stereocenters. The van der Waals surface area contributed by atoms with Crippen molar-refractivity contribution in [1.82, 2.24) is 5.32 Å². The zero-order chi connectivity index (χ0) is 13.9. The number of hydrogen-bond donors (Lipinski definition) is 1. The summed E-state index contributed by atoms with van der Waals surface area (Å²) in [6, 6.07) is 6.51. The molecule has 106 valence electrons. The number of benzene rings is 1. The molecule has 0 bridgehead atoms. The van der Waals surface area contributed by atoms with Crippen molar-refractivity contribution < 1.29 is 13.9 Å². The molecule has 1 heterocycles. The maximum atomic E-state index is 13.0. The predicted molar refractivity (Wildman–Crippen MR) is 72.6 cm³/mol. The average molecular weight is 267 g/mol. The molecule has 1 fully saturated rings. The lowest BCUT2D eigenvalue weighted by Crippen LogP contribution is -2.42. The van der Waals surface area contributed by atoms with E-state index in [0.717, 1.165) is 5.56 Å². The van der Waals surface area contributed by atoms with Gasteiger partial charge in [-0.1, -0.05) is 12.1 Å². The minimum Gasteiger partial charge on any atom is -0.376 e. The lowest BCUT2D eigenvalue weighted by molar-refractivity contribution is -0.155. The number of nitrogens with one attached hydrogen (secondary N) is 1. The highest BCUT2D eigenvalue weighted by molar-refractivity contribution is 5.19. The van der Waals surface area contributed by atoms with Crippen molar-refractivity contribution in [2.75, 3.05) is 19.8 Å². The van der Waals surface area contributed by atoms with E-state index in [1.165, 1.54) is 12.1 Å². The normalized spacial score (nSPS) is 18.1. The summed E-state index contributed by atoms with van der Waals surface area (Å²) in [5, 5.41) is 3.43. The summed E-state index contributed by atoms with van der Waals surface area (Å²) >= 11 is 0. The zero-order valence-electron chi connectivity index (χ0n) is 11.8. The van der Waals surface area contributed by atoms with Crippen LogP contribution in [0, 0.1) is 5.82 Å². The third-order valence-corrected chi connectivity index (χ3v) is 3.02. The van der Waals surface area contributed by atoms with Crippen LogP contribution in [0.15, 0.2) is 24.3 Å². The van der Waals surface area contributed by atoms with Crippen molar-refractivity contribution in [2.45, 2.75) is 38.5 Å². The highest BCUT2D eigenvalue weighted by Crippen LogP contribution is 2.22. The molecular weight excluding hydrogens is 245 g/mol. The van der Waals surface area contributed by atoms with Crippen LogP contribution in [0.5, 0.6) is 0 Å². The van der Waals surface area contributed by atoms with Crippen molar-refractivity contribution in [2.24, 2.45) is 0 Å². The van der Waals surface area contributed by atoms with Gasteiger partial charge in [-0.05, 0) is 38.5 Å². The Bertz CT molecular complexity index is 396. The summed E-state index contributed by atoms with van der Waals surface area (Å²) in [5.41, 5.74) is 1.02. The maximum absolute atomic E-state index is 13.0. The summed E-state index contributed by atoms with van der Waals surface area (Å²) in [4.78, 5) is 0. The van der Waals surface area contributed by atoms with Gasteiger partial charge >= 0.3 is 0 Å². The molecule has 1 unspecified atom stereocenters. The number of ether oxygens (including phenoxy) is 2.